The lowest BCUT2D eigenvalue weighted by atomic mass is 10.2. The Labute approximate surface area is 199 Å². The predicted molar refractivity (Wildman–Crippen MR) is 123 cm³/mol. The van der Waals surface area contributed by atoms with Crippen molar-refractivity contribution in [2.45, 2.75) is 13.0 Å². The topological polar surface area (TPSA) is 170 Å². The Morgan fingerprint density at radius 2 is 1.82 bits per heavy atom. The van der Waals surface area contributed by atoms with Gasteiger partial charge in [0.25, 0.3) is 16.0 Å². The summed E-state index contributed by atoms with van der Waals surface area (Å²) in [5.41, 5.74) is 0.834. The molecule has 1 aromatic carbocycles. The van der Waals surface area contributed by atoms with Crippen molar-refractivity contribution in [1.82, 2.24) is 15.6 Å². The van der Waals surface area contributed by atoms with Gasteiger partial charge in [0, 0.05) is 23.6 Å². The minimum atomic E-state index is -3.93. The Morgan fingerprint density at radius 3 is 2.38 bits per heavy atom. The Morgan fingerprint density at radius 1 is 1.18 bits per heavy atom. The molecule has 0 unspecified atom stereocenters. The van der Waals surface area contributed by atoms with Crippen molar-refractivity contribution < 1.29 is 36.5 Å². The van der Waals surface area contributed by atoms with Crippen LogP contribution in [0.1, 0.15) is 17.4 Å². The average molecular weight is 511 g/mol. The van der Waals surface area contributed by atoms with Crippen LogP contribution in [0.5, 0.6) is 0 Å². The lowest BCUT2D eigenvalue weighted by Gasteiger charge is -2.17. The van der Waals surface area contributed by atoms with Gasteiger partial charge in [-0.1, -0.05) is 6.58 Å². The van der Waals surface area contributed by atoms with Crippen LogP contribution in [0.2, 0.25) is 0 Å². The van der Waals surface area contributed by atoms with E-state index in [0.29, 0.717) is 16.3 Å². The van der Waals surface area contributed by atoms with E-state index < -0.39 is 46.2 Å². The highest BCUT2D eigenvalue weighted by atomic mass is 32.2. The molecule has 3 amide bonds. The van der Waals surface area contributed by atoms with E-state index in [0.717, 1.165) is 24.7 Å². The Hall–Kier alpha value is -3.62. The third-order valence-corrected chi connectivity index (χ3v) is 5.42. The number of nitrogens with one attached hydrogen (secondary N) is 3. The van der Waals surface area contributed by atoms with Crippen molar-refractivity contribution >= 4 is 50.8 Å². The van der Waals surface area contributed by atoms with Crippen LogP contribution in [-0.2, 0) is 33.4 Å². The summed E-state index contributed by atoms with van der Waals surface area (Å²) in [6.07, 6.45) is 0.779. The molecule has 1 heterocycles. The monoisotopic (exact) mass is 510 g/mol. The van der Waals surface area contributed by atoms with E-state index in [1.165, 1.54) is 12.3 Å². The van der Waals surface area contributed by atoms with E-state index in [4.69, 9.17) is 0 Å². The first kappa shape index (κ1) is 26.6. The van der Waals surface area contributed by atoms with Gasteiger partial charge in [-0.3, -0.25) is 18.6 Å². The van der Waals surface area contributed by atoms with Gasteiger partial charge >= 0.3 is 5.97 Å². The first-order valence-electron chi connectivity index (χ1n) is 9.46. The van der Waals surface area contributed by atoms with Gasteiger partial charge in [-0.15, -0.1) is 11.3 Å². The van der Waals surface area contributed by atoms with Gasteiger partial charge < -0.3 is 20.7 Å². The number of methoxy groups -OCH3 is 1. The minimum absolute atomic E-state index is 0.0325. The number of carbonyl (C=O) groups is 4. The molecule has 1 atom stereocenters. The summed E-state index contributed by atoms with van der Waals surface area (Å²) in [7, 11) is -2.85. The molecular formula is C20H22N4O8S2. The van der Waals surface area contributed by atoms with Crippen LogP contribution in [0.4, 0.5) is 5.69 Å². The highest BCUT2D eigenvalue weighted by Gasteiger charge is 2.26. The van der Waals surface area contributed by atoms with E-state index in [2.05, 4.69) is 36.4 Å². The fourth-order valence-electron chi connectivity index (χ4n) is 2.43. The molecule has 14 heteroatoms. The minimum Gasteiger partial charge on any atom is -0.464 e. The maximum atomic E-state index is 12.7. The molecule has 0 aliphatic carbocycles. The number of hydrogen-bond donors (Lipinski definition) is 3. The molecule has 2 aromatic rings. The van der Waals surface area contributed by atoms with Crippen molar-refractivity contribution in [3.8, 4) is 10.6 Å². The lowest BCUT2D eigenvalue weighted by molar-refractivity contribution is -0.138. The first-order valence-corrected chi connectivity index (χ1v) is 12.2. The molecule has 0 spiro atoms. The number of amides is 3. The van der Waals surface area contributed by atoms with E-state index in [1.807, 2.05) is 0 Å². The standard InChI is InChI=1S/C20H22N4O8S2/c1-11(20(28)31-3)21-17(26)15(9-32-34(4,29)30)23-18(27)16-10-33-19(24-16)13-5-7-14(8-6-13)22-12(2)25/h5-8,10,15H,1,9H2,2-4H3,(H,21,26)(H,22,25)(H,23,27)/t15-/m0/s1. The second-order valence-electron chi connectivity index (χ2n) is 6.77. The second kappa shape index (κ2) is 11.5. The smallest absolute Gasteiger partial charge is 0.353 e. The molecule has 0 bridgehead atoms. The van der Waals surface area contributed by atoms with Crippen molar-refractivity contribution in [3.05, 3.63) is 47.6 Å². The highest BCUT2D eigenvalue weighted by Crippen LogP contribution is 2.25. The molecule has 2 rings (SSSR count). The number of hydrogen-bond acceptors (Lipinski definition) is 10. The lowest BCUT2D eigenvalue weighted by Crippen LogP contribution is -2.50. The third-order valence-electron chi connectivity index (χ3n) is 3.97. The maximum absolute atomic E-state index is 12.7. The number of thiazole rings is 1. The van der Waals surface area contributed by atoms with Gasteiger partial charge in [-0.05, 0) is 24.3 Å². The van der Waals surface area contributed by atoms with Gasteiger partial charge in [0.1, 0.15) is 22.4 Å². The molecule has 0 fully saturated rings. The Kier molecular flexibility index (Phi) is 9.00. The molecule has 0 aliphatic heterocycles. The number of carbonyl (C=O) groups excluding carboxylic acids is 4. The summed E-state index contributed by atoms with van der Waals surface area (Å²) in [5.74, 6) is -2.86. The molecule has 0 saturated carbocycles. The number of nitrogens with zero attached hydrogens (tertiary/aromatic N) is 1. The van der Waals surface area contributed by atoms with Gasteiger partial charge in [-0.25, -0.2) is 9.78 Å². The van der Waals surface area contributed by atoms with Crippen molar-refractivity contribution in [2.24, 2.45) is 0 Å². The van der Waals surface area contributed by atoms with Crippen molar-refractivity contribution in [3.63, 3.8) is 0 Å². The van der Waals surface area contributed by atoms with E-state index >= 15 is 0 Å². The normalized spacial score (nSPS) is 11.7. The van der Waals surface area contributed by atoms with Gasteiger partial charge in [0.2, 0.25) is 11.8 Å². The van der Waals surface area contributed by atoms with Gasteiger partial charge in [0.15, 0.2) is 0 Å². The summed E-state index contributed by atoms with van der Waals surface area (Å²) in [6.45, 7) is 4.00. The number of benzene rings is 1. The molecule has 3 N–H and O–H groups in total. The number of rotatable bonds is 10. The largest absolute Gasteiger partial charge is 0.464 e. The molecule has 0 radical (unpaired) electrons. The zero-order valence-electron chi connectivity index (χ0n) is 18.4. The van der Waals surface area contributed by atoms with Crippen LogP contribution < -0.4 is 16.0 Å². The summed E-state index contributed by atoms with van der Waals surface area (Å²) < 4.78 is 31.7. The number of aromatic nitrogens is 1. The molecular weight excluding hydrogens is 488 g/mol. The number of esters is 1. The summed E-state index contributed by atoms with van der Waals surface area (Å²) in [5, 5.41) is 9.04. The van der Waals surface area contributed by atoms with Crippen LogP contribution in [0, 0.1) is 0 Å². The van der Waals surface area contributed by atoms with Gasteiger partial charge in [-0.2, -0.15) is 8.42 Å². The Bertz CT molecular complexity index is 1210. The first-order chi connectivity index (χ1) is 15.9. The molecule has 1 aromatic heterocycles. The van der Waals surface area contributed by atoms with Crippen LogP contribution >= 0.6 is 11.3 Å². The van der Waals surface area contributed by atoms with Crippen molar-refractivity contribution in [2.75, 3.05) is 25.3 Å². The molecule has 0 aliphatic rings. The van der Waals surface area contributed by atoms with E-state index in [-0.39, 0.29) is 11.6 Å². The summed E-state index contributed by atoms with van der Waals surface area (Å²) in [4.78, 5) is 52.0. The molecule has 34 heavy (non-hydrogen) atoms. The fraction of sp³-hybridized carbons (Fsp3) is 0.250. The second-order valence-corrected chi connectivity index (χ2v) is 9.27. The number of anilines is 1. The van der Waals surface area contributed by atoms with Gasteiger partial charge in [0.05, 0.1) is 20.0 Å². The highest BCUT2D eigenvalue weighted by molar-refractivity contribution is 7.85. The zero-order valence-corrected chi connectivity index (χ0v) is 20.0. The predicted octanol–water partition coefficient (Wildman–Crippen LogP) is 0.646. The summed E-state index contributed by atoms with van der Waals surface area (Å²) >= 11 is 1.16. The molecule has 12 nitrogen and oxygen atoms in total. The third kappa shape index (κ3) is 8.06. The van der Waals surface area contributed by atoms with E-state index in [1.54, 1.807) is 24.3 Å². The molecule has 182 valence electrons. The number of ether oxygens (including phenoxy) is 1. The zero-order chi connectivity index (χ0) is 25.5. The van der Waals surface area contributed by atoms with Crippen molar-refractivity contribution in [1.29, 1.82) is 0 Å². The van der Waals surface area contributed by atoms with Crippen LogP contribution in [0.25, 0.3) is 10.6 Å². The quantitative estimate of drug-likeness (QED) is 0.236. The summed E-state index contributed by atoms with van der Waals surface area (Å²) in [6, 6.07) is 5.27. The fourth-order valence-corrected chi connectivity index (χ4v) is 3.62. The molecule has 0 saturated heterocycles. The van der Waals surface area contributed by atoms with Crippen LogP contribution in [0.3, 0.4) is 0 Å². The van der Waals surface area contributed by atoms with E-state index in [9.17, 15) is 27.6 Å². The SMILES string of the molecule is C=C(NC(=O)[C@H](COS(C)(=O)=O)NC(=O)c1csc(-c2ccc(NC(C)=O)cc2)n1)C(=O)OC. The van der Waals surface area contributed by atoms with Crippen LogP contribution in [-0.4, -0.2) is 63.1 Å². The average Bonchev–Trinajstić information content (AvgIpc) is 3.25. The maximum Gasteiger partial charge on any atom is 0.353 e. The Balaban J connectivity index is 2.15. The van der Waals surface area contributed by atoms with Crippen LogP contribution in [0.15, 0.2) is 41.9 Å².